The van der Waals surface area contributed by atoms with E-state index in [9.17, 15) is 0 Å². The lowest BCUT2D eigenvalue weighted by atomic mass is 9.72. The summed E-state index contributed by atoms with van der Waals surface area (Å²) in [6.07, 6.45) is 5.49. The van der Waals surface area contributed by atoms with Gasteiger partial charge >= 0.3 is 0 Å². The van der Waals surface area contributed by atoms with Gasteiger partial charge in [-0.3, -0.25) is 0 Å². The topological polar surface area (TPSA) is 26.1 Å². The van der Waals surface area contributed by atoms with Crippen LogP contribution in [0.1, 0.15) is 25.7 Å². The second kappa shape index (κ2) is 3.11. The van der Waals surface area contributed by atoms with Crippen molar-refractivity contribution in [3.8, 4) is 0 Å². The maximum absolute atomic E-state index is 4.41. The van der Waals surface area contributed by atoms with Gasteiger partial charge in [-0.1, -0.05) is 12.8 Å². The Morgan fingerprint density at radius 2 is 1.55 bits per heavy atom. The zero-order chi connectivity index (χ0) is 7.57. The molecule has 2 heterocycles. The highest BCUT2D eigenvalue weighted by molar-refractivity contribution is 4.97. The lowest BCUT2D eigenvalue weighted by molar-refractivity contribution is 0.168. The van der Waals surface area contributed by atoms with Gasteiger partial charge in [-0.15, -0.1) is 13.1 Å². The molecule has 0 radical (unpaired) electrons. The van der Waals surface area contributed by atoms with Crippen LogP contribution in [0.4, 0.5) is 0 Å². The molecular formula is C9H17N2-. The van der Waals surface area contributed by atoms with Gasteiger partial charge in [0.25, 0.3) is 0 Å². The summed E-state index contributed by atoms with van der Waals surface area (Å²) in [5.74, 6) is 0. The smallest absolute Gasteiger partial charge is 0.00436 e. The molecule has 0 unspecified atom stereocenters. The van der Waals surface area contributed by atoms with Gasteiger partial charge in [-0.2, -0.15) is 0 Å². The molecule has 2 saturated heterocycles. The first-order valence-corrected chi connectivity index (χ1v) is 4.75. The van der Waals surface area contributed by atoms with E-state index in [1.165, 1.54) is 38.8 Å². The zero-order valence-electron chi connectivity index (χ0n) is 7.10. The standard InChI is InChI=1S/C9H17N2/c1-5-10-6-2-9(1)3-7-11-8-4-9/h10H,1-8H2/q-1. The van der Waals surface area contributed by atoms with Crippen molar-refractivity contribution in [2.45, 2.75) is 25.7 Å². The number of piperidine rings is 2. The van der Waals surface area contributed by atoms with Gasteiger partial charge in [0.2, 0.25) is 0 Å². The van der Waals surface area contributed by atoms with Gasteiger partial charge in [-0.25, -0.2) is 0 Å². The molecule has 0 bridgehead atoms. The van der Waals surface area contributed by atoms with E-state index in [-0.39, 0.29) is 0 Å². The Morgan fingerprint density at radius 3 is 2.18 bits per heavy atom. The molecule has 0 amide bonds. The van der Waals surface area contributed by atoms with E-state index >= 15 is 0 Å². The monoisotopic (exact) mass is 153 g/mol. The first-order chi connectivity index (χ1) is 5.41. The summed E-state index contributed by atoms with van der Waals surface area (Å²) in [7, 11) is 0. The molecule has 1 spiro atoms. The maximum atomic E-state index is 4.41. The molecule has 2 nitrogen and oxygen atoms in total. The molecule has 2 aliphatic rings. The van der Waals surface area contributed by atoms with Crippen molar-refractivity contribution < 1.29 is 0 Å². The third-order valence-corrected chi connectivity index (χ3v) is 3.26. The van der Waals surface area contributed by atoms with Gasteiger partial charge in [0, 0.05) is 0 Å². The molecule has 11 heavy (non-hydrogen) atoms. The Kier molecular flexibility index (Phi) is 2.14. The predicted molar refractivity (Wildman–Crippen MR) is 46.9 cm³/mol. The predicted octanol–water partition coefficient (Wildman–Crippen LogP) is 1.52. The average molecular weight is 153 g/mol. The van der Waals surface area contributed by atoms with E-state index in [2.05, 4.69) is 10.6 Å². The third kappa shape index (κ3) is 1.57. The van der Waals surface area contributed by atoms with Crippen molar-refractivity contribution in [2.75, 3.05) is 26.2 Å². The van der Waals surface area contributed by atoms with Crippen molar-refractivity contribution in [3.63, 3.8) is 0 Å². The second-order valence-corrected chi connectivity index (χ2v) is 3.92. The summed E-state index contributed by atoms with van der Waals surface area (Å²) >= 11 is 0. The van der Waals surface area contributed by atoms with Crippen molar-refractivity contribution >= 4 is 0 Å². The summed E-state index contributed by atoms with van der Waals surface area (Å²) in [6, 6.07) is 0. The van der Waals surface area contributed by atoms with Crippen molar-refractivity contribution in [3.05, 3.63) is 5.32 Å². The quantitative estimate of drug-likeness (QED) is 0.561. The molecule has 2 fully saturated rings. The summed E-state index contributed by atoms with van der Waals surface area (Å²) in [4.78, 5) is 0. The minimum atomic E-state index is 0.701. The third-order valence-electron chi connectivity index (χ3n) is 3.26. The first-order valence-electron chi connectivity index (χ1n) is 4.75. The summed E-state index contributed by atoms with van der Waals surface area (Å²) < 4.78 is 0. The van der Waals surface area contributed by atoms with E-state index in [0.717, 1.165) is 13.1 Å². The van der Waals surface area contributed by atoms with Crippen molar-refractivity contribution in [2.24, 2.45) is 5.41 Å². The van der Waals surface area contributed by atoms with Crippen LogP contribution in [0.25, 0.3) is 5.32 Å². The Balaban J connectivity index is 1.94. The van der Waals surface area contributed by atoms with Gasteiger partial charge < -0.3 is 10.6 Å². The average Bonchev–Trinajstić information content (AvgIpc) is 2.07. The number of hydrogen-bond acceptors (Lipinski definition) is 1. The SMILES string of the molecule is C1CC2(CC[N-]1)CCNCC2. The molecule has 2 heteroatoms. The van der Waals surface area contributed by atoms with Crippen LogP contribution in [0.2, 0.25) is 0 Å². The molecule has 0 aliphatic carbocycles. The van der Waals surface area contributed by atoms with Crippen LogP contribution in [-0.4, -0.2) is 26.2 Å². The number of nitrogens with zero attached hydrogens (tertiary/aromatic N) is 1. The summed E-state index contributed by atoms with van der Waals surface area (Å²) in [5, 5.41) is 7.83. The van der Waals surface area contributed by atoms with E-state index in [0.29, 0.717) is 5.41 Å². The minimum absolute atomic E-state index is 0.701. The first kappa shape index (κ1) is 7.56. The van der Waals surface area contributed by atoms with Gasteiger partial charge in [0.15, 0.2) is 0 Å². The summed E-state index contributed by atoms with van der Waals surface area (Å²) in [5.41, 5.74) is 0.701. The number of hydrogen-bond donors (Lipinski definition) is 1. The molecule has 0 atom stereocenters. The largest absolute Gasteiger partial charge is 0.662 e. The van der Waals surface area contributed by atoms with Crippen LogP contribution in [0.5, 0.6) is 0 Å². The summed E-state index contributed by atoms with van der Waals surface area (Å²) in [6.45, 7) is 4.72. The number of nitrogens with one attached hydrogen (secondary N) is 1. The van der Waals surface area contributed by atoms with E-state index in [1.54, 1.807) is 0 Å². The van der Waals surface area contributed by atoms with E-state index < -0.39 is 0 Å². The Morgan fingerprint density at radius 1 is 0.909 bits per heavy atom. The van der Waals surface area contributed by atoms with Crippen molar-refractivity contribution in [1.29, 1.82) is 0 Å². The highest BCUT2D eigenvalue weighted by Crippen LogP contribution is 2.39. The fourth-order valence-electron chi connectivity index (χ4n) is 2.33. The van der Waals surface area contributed by atoms with Crippen LogP contribution in [0.3, 0.4) is 0 Å². The van der Waals surface area contributed by atoms with Gasteiger partial charge in [-0.05, 0) is 31.3 Å². The molecule has 0 aromatic heterocycles. The fourth-order valence-corrected chi connectivity index (χ4v) is 2.33. The highest BCUT2D eigenvalue weighted by atomic mass is 14.9. The van der Waals surface area contributed by atoms with Crippen LogP contribution in [0, 0.1) is 5.41 Å². The fraction of sp³-hybridized carbons (Fsp3) is 1.00. The molecule has 0 saturated carbocycles. The van der Waals surface area contributed by atoms with Crippen LogP contribution < -0.4 is 5.32 Å². The van der Waals surface area contributed by atoms with E-state index in [4.69, 9.17) is 0 Å². The molecule has 64 valence electrons. The van der Waals surface area contributed by atoms with Crippen LogP contribution >= 0.6 is 0 Å². The van der Waals surface area contributed by atoms with Crippen molar-refractivity contribution in [1.82, 2.24) is 5.32 Å². The van der Waals surface area contributed by atoms with Crippen LogP contribution in [0.15, 0.2) is 0 Å². The molecule has 0 aromatic rings. The molecule has 2 aliphatic heterocycles. The Labute approximate surface area is 68.7 Å². The molecular weight excluding hydrogens is 136 g/mol. The molecule has 0 aromatic carbocycles. The molecule has 1 N–H and O–H groups in total. The van der Waals surface area contributed by atoms with Gasteiger partial charge in [0.05, 0.1) is 0 Å². The van der Waals surface area contributed by atoms with Crippen LogP contribution in [-0.2, 0) is 0 Å². The Bertz CT molecular complexity index is 102. The molecule has 2 rings (SSSR count). The normalized spacial score (nSPS) is 30.5. The van der Waals surface area contributed by atoms with E-state index in [1.807, 2.05) is 0 Å². The highest BCUT2D eigenvalue weighted by Gasteiger charge is 2.29. The van der Waals surface area contributed by atoms with Gasteiger partial charge in [0.1, 0.15) is 0 Å². The Hall–Kier alpha value is -0.0800. The second-order valence-electron chi connectivity index (χ2n) is 3.92. The maximum Gasteiger partial charge on any atom is -0.00436 e. The zero-order valence-corrected chi connectivity index (χ0v) is 7.10. The number of rotatable bonds is 0. The minimum Gasteiger partial charge on any atom is -0.662 e. The lowest BCUT2D eigenvalue weighted by Gasteiger charge is -2.45. The lowest BCUT2D eigenvalue weighted by Crippen LogP contribution is -2.39.